The van der Waals surface area contributed by atoms with Crippen LogP contribution in [0.4, 0.5) is 22.0 Å². The molecule has 2 N–H and O–H groups in total. The van der Waals surface area contributed by atoms with Gasteiger partial charge in [-0.15, -0.1) is 5.10 Å². The smallest absolute Gasteiger partial charge is 0.394 e. The van der Waals surface area contributed by atoms with Gasteiger partial charge in [-0.25, -0.2) is 18.4 Å². The molecule has 202 valence electrons. The molecule has 5 atom stereocenters. The van der Waals surface area contributed by atoms with Gasteiger partial charge in [0, 0.05) is 23.8 Å². The highest BCUT2D eigenvalue weighted by molar-refractivity contribution is 7.99. The van der Waals surface area contributed by atoms with Crippen molar-refractivity contribution in [3.8, 4) is 17.3 Å². The van der Waals surface area contributed by atoms with Gasteiger partial charge in [0.25, 0.3) is 0 Å². The van der Waals surface area contributed by atoms with Crippen LogP contribution < -0.4 is 0 Å². The summed E-state index contributed by atoms with van der Waals surface area (Å²) in [6.07, 6.45) is -6.25. The van der Waals surface area contributed by atoms with Crippen LogP contribution in [0.1, 0.15) is 17.3 Å². The van der Waals surface area contributed by atoms with E-state index in [1.54, 1.807) is 0 Å². The Morgan fingerprint density at radius 1 is 1.26 bits per heavy atom. The Morgan fingerprint density at radius 3 is 2.53 bits per heavy atom. The molecule has 0 saturated carbocycles. The predicted octanol–water partition coefficient (Wildman–Crippen LogP) is 3.59. The van der Waals surface area contributed by atoms with Gasteiger partial charge in [0.2, 0.25) is 0 Å². The zero-order valence-electron chi connectivity index (χ0n) is 19.1. The maximum Gasteiger partial charge on any atom is 0.434 e. The number of halogens is 6. The summed E-state index contributed by atoms with van der Waals surface area (Å²) in [7, 11) is 1.29. The number of hydrogen-bond acceptors (Lipinski definition) is 9. The maximum atomic E-state index is 13.9. The lowest BCUT2D eigenvalue weighted by Crippen LogP contribution is -2.55. The number of methoxy groups -OCH3 is 1. The van der Waals surface area contributed by atoms with Gasteiger partial charge in [-0.3, -0.25) is 0 Å². The number of rotatable bonds is 6. The van der Waals surface area contributed by atoms with Crippen LogP contribution in [-0.2, 0) is 15.7 Å². The molecule has 38 heavy (non-hydrogen) atoms. The fraction of sp³-hybridized carbons (Fsp3) is 0.364. The van der Waals surface area contributed by atoms with Gasteiger partial charge in [-0.2, -0.15) is 18.4 Å². The highest BCUT2D eigenvalue weighted by Gasteiger charge is 2.47. The Morgan fingerprint density at radius 2 is 1.95 bits per heavy atom. The lowest BCUT2D eigenvalue weighted by Gasteiger charge is -2.43. The third-order valence-electron chi connectivity index (χ3n) is 5.70. The SMILES string of the molecule is CO[C@@H]1[C@@H](n2cc(-c3cc(F)c(Cl)c(F)c3)nn2)[C@@H](O)[C@@H](CO)O[C@@H]1Sc1cnc(C(F)(F)F)c(C#N)c1. The van der Waals surface area contributed by atoms with Crippen molar-refractivity contribution in [3.63, 3.8) is 0 Å². The van der Waals surface area contributed by atoms with Crippen LogP contribution in [0.5, 0.6) is 0 Å². The van der Waals surface area contributed by atoms with E-state index in [1.807, 2.05) is 0 Å². The van der Waals surface area contributed by atoms with Gasteiger partial charge < -0.3 is 19.7 Å². The molecular formula is C22H17ClF5N5O4S. The van der Waals surface area contributed by atoms with Crippen molar-refractivity contribution in [2.45, 2.75) is 40.9 Å². The first kappa shape index (κ1) is 28.1. The van der Waals surface area contributed by atoms with Gasteiger partial charge in [0.05, 0.1) is 18.4 Å². The molecule has 4 rings (SSSR count). The highest BCUT2D eigenvalue weighted by atomic mass is 35.5. The topological polar surface area (TPSA) is 126 Å². The Kier molecular flexibility index (Phi) is 8.21. The minimum atomic E-state index is -4.83. The lowest BCUT2D eigenvalue weighted by atomic mass is 9.97. The van der Waals surface area contributed by atoms with E-state index in [4.69, 9.17) is 26.3 Å². The number of hydrogen-bond donors (Lipinski definition) is 2. The van der Waals surface area contributed by atoms with E-state index in [1.165, 1.54) is 24.1 Å². The quantitative estimate of drug-likeness (QED) is 0.334. The molecule has 3 heterocycles. The molecule has 0 bridgehead atoms. The average Bonchev–Trinajstić information content (AvgIpc) is 3.36. The first-order valence-corrected chi connectivity index (χ1v) is 11.9. The summed E-state index contributed by atoms with van der Waals surface area (Å²) in [5.41, 5.74) is -3.04. The number of aliphatic hydroxyl groups is 2. The molecule has 0 unspecified atom stereocenters. The lowest BCUT2D eigenvalue weighted by molar-refractivity contribution is -0.186. The summed E-state index contributed by atoms with van der Waals surface area (Å²) >= 11 is 6.38. The fourth-order valence-electron chi connectivity index (χ4n) is 3.92. The standard InChI is InChI=1S/C22H17ClF5N5O4S/c1-36-19-17(33-7-14(31-32-33)9-3-12(24)16(23)13(25)4-9)18(35)15(8-34)37-21(19)38-11-2-10(5-29)20(30-6-11)22(26,27)28/h2-4,6-7,15,17-19,21,34-35H,8H2,1H3/t15-,17+,18+,19-,21-/m1/s1. The normalized spacial score (nSPS) is 23.8. The van der Waals surface area contributed by atoms with Gasteiger partial charge in [0.1, 0.15) is 58.2 Å². The molecule has 1 aliphatic heterocycles. The van der Waals surface area contributed by atoms with Gasteiger partial charge in [-0.05, 0) is 18.2 Å². The van der Waals surface area contributed by atoms with E-state index in [2.05, 4.69) is 15.3 Å². The first-order valence-electron chi connectivity index (χ1n) is 10.7. The van der Waals surface area contributed by atoms with Gasteiger partial charge in [0.15, 0.2) is 5.69 Å². The number of thioether (sulfide) groups is 1. The van der Waals surface area contributed by atoms with Crippen molar-refractivity contribution in [3.05, 3.63) is 58.5 Å². The van der Waals surface area contributed by atoms with Crippen LogP contribution in [-0.4, -0.2) is 67.7 Å². The molecule has 0 aliphatic carbocycles. The summed E-state index contributed by atoms with van der Waals surface area (Å²) in [5, 5.41) is 37.0. The minimum absolute atomic E-state index is 0.00987. The summed E-state index contributed by atoms with van der Waals surface area (Å²) in [6.45, 7) is -0.644. The number of ether oxygens (including phenoxy) is 2. The molecule has 1 saturated heterocycles. The Balaban J connectivity index is 1.67. The predicted molar refractivity (Wildman–Crippen MR) is 122 cm³/mol. The molecule has 16 heteroatoms. The van der Waals surface area contributed by atoms with Crippen LogP contribution in [0.25, 0.3) is 11.3 Å². The van der Waals surface area contributed by atoms with E-state index in [9.17, 15) is 32.2 Å². The number of aliphatic hydroxyl groups excluding tert-OH is 2. The Labute approximate surface area is 220 Å². The summed E-state index contributed by atoms with van der Waals surface area (Å²) < 4.78 is 79.7. The first-order chi connectivity index (χ1) is 18.0. The van der Waals surface area contributed by atoms with Crippen LogP contribution in [0.2, 0.25) is 5.02 Å². The molecule has 0 radical (unpaired) electrons. The van der Waals surface area contributed by atoms with Gasteiger partial charge >= 0.3 is 6.18 Å². The number of benzene rings is 1. The molecule has 1 aliphatic rings. The van der Waals surface area contributed by atoms with Gasteiger partial charge in [-0.1, -0.05) is 28.6 Å². The van der Waals surface area contributed by atoms with E-state index < -0.39 is 70.5 Å². The fourth-order valence-corrected chi connectivity index (χ4v) is 5.20. The van der Waals surface area contributed by atoms with Crippen molar-refractivity contribution < 1.29 is 41.6 Å². The molecular weight excluding hydrogens is 561 g/mol. The average molecular weight is 578 g/mol. The van der Waals surface area contributed by atoms with Crippen LogP contribution >= 0.6 is 23.4 Å². The molecule has 2 aromatic heterocycles. The number of nitriles is 1. The van der Waals surface area contributed by atoms with Crippen molar-refractivity contribution in [2.75, 3.05) is 13.7 Å². The van der Waals surface area contributed by atoms with E-state index in [-0.39, 0.29) is 16.2 Å². The Bertz CT molecular complexity index is 1350. The second kappa shape index (κ2) is 11.1. The zero-order valence-corrected chi connectivity index (χ0v) is 20.7. The number of nitrogens with zero attached hydrogens (tertiary/aromatic N) is 5. The summed E-state index contributed by atoms with van der Waals surface area (Å²) in [6, 6.07) is 3.29. The Hall–Kier alpha value is -2.87. The molecule has 1 fully saturated rings. The monoisotopic (exact) mass is 577 g/mol. The molecule has 1 aromatic carbocycles. The summed E-state index contributed by atoms with van der Waals surface area (Å²) in [5.74, 6) is -2.04. The molecule has 0 amide bonds. The van der Waals surface area contributed by atoms with Crippen LogP contribution in [0.15, 0.2) is 35.5 Å². The van der Waals surface area contributed by atoms with Crippen LogP contribution in [0, 0.1) is 23.0 Å². The third kappa shape index (κ3) is 5.46. The van der Waals surface area contributed by atoms with Crippen LogP contribution in [0.3, 0.4) is 0 Å². The summed E-state index contributed by atoms with van der Waals surface area (Å²) in [4.78, 5) is 3.49. The van der Waals surface area contributed by atoms with Crippen molar-refractivity contribution >= 4 is 23.4 Å². The number of alkyl halides is 3. The largest absolute Gasteiger partial charge is 0.434 e. The second-order valence-electron chi connectivity index (χ2n) is 8.04. The minimum Gasteiger partial charge on any atom is -0.394 e. The van der Waals surface area contributed by atoms with Crippen molar-refractivity contribution in [1.82, 2.24) is 20.0 Å². The van der Waals surface area contributed by atoms with E-state index in [0.717, 1.165) is 36.2 Å². The second-order valence-corrected chi connectivity index (χ2v) is 9.59. The van der Waals surface area contributed by atoms with Crippen molar-refractivity contribution in [2.24, 2.45) is 0 Å². The van der Waals surface area contributed by atoms with E-state index in [0.29, 0.717) is 0 Å². The number of pyridine rings is 1. The van der Waals surface area contributed by atoms with E-state index >= 15 is 0 Å². The zero-order chi connectivity index (χ0) is 27.8. The highest BCUT2D eigenvalue weighted by Crippen LogP contribution is 2.41. The molecule has 3 aromatic rings. The maximum absolute atomic E-state index is 13.9. The van der Waals surface area contributed by atoms with Crippen molar-refractivity contribution in [1.29, 1.82) is 5.26 Å². The molecule has 9 nitrogen and oxygen atoms in total. The number of aromatic nitrogens is 4. The molecule has 0 spiro atoms. The third-order valence-corrected chi connectivity index (χ3v) is 7.16.